The number of ether oxygens (including phenoxy) is 2. The molecule has 0 radical (unpaired) electrons. The van der Waals surface area contributed by atoms with Crippen LogP contribution in [0.2, 0.25) is 5.02 Å². The number of esters is 1. The van der Waals surface area contributed by atoms with Gasteiger partial charge in [0.15, 0.2) is 0 Å². The number of hydrogen-bond donors (Lipinski definition) is 1. The van der Waals surface area contributed by atoms with Crippen LogP contribution in [0.3, 0.4) is 0 Å². The normalized spacial score (nSPS) is 18.6. The highest BCUT2D eigenvalue weighted by Gasteiger charge is 2.31. The first-order chi connectivity index (χ1) is 20.3. The summed E-state index contributed by atoms with van der Waals surface area (Å²) in [4.78, 5) is 42.3. The Bertz CT molecular complexity index is 1490. The Balaban J connectivity index is 1.25. The lowest BCUT2D eigenvalue weighted by atomic mass is 9.91. The molecule has 2 saturated heterocycles. The Labute approximate surface area is 247 Å². The van der Waals surface area contributed by atoms with Crippen molar-refractivity contribution in [3.05, 3.63) is 69.3 Å². The van der Waals surface area contributed by atoms with Crippen LogP contribution in [0.15, 0.2) is 51.7 Å². The molecule has 2 aliphatic heterocycles. The highest BCUT2D eigenvalue weighted by atomic mass is 35.5. The van der Waals surface area contributed by atoms with Crippen molar-refractivity contribution >= 4 is 34.4 Å². The number of rotatable bonds is 9. The maximum absolute atomic E-state index is 13.6. The molecule has 0 saturated carbocycles. The van der Waals surface area contributed by atoms with E-state index < -0.39 is 24.0 Å². The molecule has 1 aromatic heterocycles. The van der Waals surface area contributed by atoms with Gasteiger partial charge in [-0.3, -0.25) is 14.5 Å². The number of amides is 1. The van der Waals surface area contributed by atoms with E-state index in [4.69, 9.17) is 25.5 Å². The molecule has 0 aliphatic carbocycles. The number of carbonyl (C=O) groups excluding carboxylic acids is 2. The smallest absolute Gasteiger partial charge is 0.336 e. The fourth-order valence-electron chi connectivity index (χ4n) is 5.71. The van der Waals surface area contributed by atoms with E-state index in [1.54, 1.807) is 23.1 Å². The molecule has 42 heavy (non-hydrogen) atoms. The highest BCUT2D eigenvalue weighted by molar-refractivity contribution is 6.33. The second kappa shape index (κ2) is 13.8. The lowest BCUT2D eigenvalue weighted by Gasteiger charge is -2.34. The van der Waals surface area contributed by atoms with Gasteiger partial charge in [-0.25, -0.2) is 9.18 Å². The zero-order chi connectivity index (χ0) is 29.6. The fraction of sp³-hybridized carbons (Fsp3) is 0.452. The minimum Gasteiger partial charge on any atom is -0.464 e. The predicted molar refractivity (Wildman–Crippen MR) is 155 cm³/mol. The summed E-state index contributed by atoms with van der Waals surface area (Å²) in [5.41, 5.74) is 1.03. The van der Waals surface area contributed by atoms with Gasteiger partial charge in [0, 0.05) is 55.3 Å². The number of fused-ring (bicyclic) bond motifs is 1. The van der Waals surface area contributed by atoms with Crippen LogP contribution in [-0.2, 0) is 19.1 Å². The molecule has 2 aromatic carbocycles. The summed E-state index contributed by atoms with van der Waals surface area (Å²) < 4.78 is 29.8. The van der Waals surface area contributed by atoms with Gasteiger partial charge < -0.3 is 23.9 Å². The first-order valence-corrected chi connectivity index (χ1v) is 14.6. The molecular formula is C31H34ClFN2O7. The SMILES string of the molecule is O=C(C[C@H]1CCCN(C(=O)[C@@H](CO)c2ccc3c(-c4ccc(F)cc4Cl)cc(=O)oc3c2)C1)OCCN1CCOCC1. The fourth-order valence-corrected chi connectivity index (χ4v) is 5.98. The Morgan fingerprint density at radius 3 is 2.67 bits per heavy atom. The number of hydrogen-bond acceptors (Lipinski definition) is 8. The number of piperidine rings is 1. The molecule has 11 heteroatoms. The van der Waals surface area contributed by atoms with Gasteiger partial charge in [0.25, 0.3) is 0 Å². The molecule has 0 bridgehead atoms. The summed E-state index contributed by atoms with van der Waals surface area (Å²) in [7, 11) is 0. The Kier molecular flexibility index (Phi) is 9.89. The number of aliphatic hydroxyl groups excluding tert-OH is 1. The van der Waals surface area contributed by atoms with Crippen LogP contribution >= 0.6 is 11.6 Å². The van der Waals surface area contributed by atoms with Crippen LogP contribution < -0.4 is 5.63 Å². The average molecular weight is 601 g/mol. The summed E-state index contributed by atoms with van der Waals surface area (Å²) in [6.07, 6.45) is 1.78. The third-order valence-electron chi connectivity index (χ3n) is 7.93. The highest BCUT2D eigenvalue weighted by Crippen LogP contribution is 2.34. The second-order valence-electron chi connectivity index (χ2n) is 10.8. The summed E-state index contributed by atoms with van der Waals surface area (Å²) in [5, 5.41) is 10.9. The molecule has 3 aromatic rings. The van der Waals surface area contributed by atoms with Crippen molar-refractivity contribution in [3.8, 4) is 11.1 Å². The van der Waals surface area contributed by atoms with E-state index in [1.165, 1.54) is 24.3 Å². The number of carbonyl (C=O) groups is 2. The van der Waals surface area contributed by atoms with Gasteiger partial charge in [0.2, 0.25) is 5.91 Å². The lowest BCUT2D eigenvalue weighted by Crippen LogP contribution is -2.43. The molecule has 2 aliphatic rings. The Morgan fingerprint density at radius 1 is 1.10 bits per heavy atom. The molecule has 5 rings (SSSR count). The topological polar surface area (TPSA) is 110 Å². The van der Waals surface area contributed by atoms with Gasteiger partial charge in [-0.15, -0.1) is 0 Å². The van der Waals surface area contributed by atoms with Crippen molar-refractivity contribution in [1.29, 1.82) is 0 Å². The summed E-state index contributed by atoms with van der Waals surface area (Å²) in [5.74, 6) is -1.94. The number of nitrogens with zero attached hydrogens (tertiary/aromatic N) is 2. The van der Waals surface area contributed by atoms with Crippen LogP contribution in [-0.4, -0.2) is 85.9 Å². The van der Waals surface area contributed by atoms with Gasteiger partial charge in [0.1, 0.15) is 18.0 Å². The van der Waals surface area contributed by atoms with E-state index in [9.17, 15) is 23.9 Å². The number of likely N-dealkylation sites (tertiary alicyclic amines) is 1. The number of halogens is 2. The molecule has 3 heterocycles. The summed E-state index contributed by atoms with van der Waals surface area (Å²) in [6, 6.07) is 10.2. The van der Waals surface area contributed by atoms with Crippen molar-refractivity contribution in [2.45, 2.75) is 25.2 Å². The van der Waals surface area contributed by atoms with Crippen molar-refractivity contribution in [2.75, 3.05) is 59.2 Å². The van der Waals surface area contributed by atoms with Gasteiger partial charge in [-0.05, 0) is 48.6 Å². The van der Waals surface area contributed by atoms with Crippen molar-refractivity contribution < 1.29 is 33.0 Å². The molecule has 0 unspecified atom stereocenters. The quantitative estimate of drug-likeness (QED) is 0.292. The number of aliphatic hydroxyl groups is 1. The molecule has 1 amide bonds. The molecule has 0 spiro atoms. The first kappa shape index (κ1) is 30.2. The van der Waals surface area contributed by atoms with Crippen molar-refractivity contribution in [2.24, 2.45) is 5.92 Å². The maximum Gasteiger partial charge on any atom is 0.336 e. The summed E-state index contributed by atoms with van der Waals surface area (Å²) >= 11 is 6.26. The van der Waals surface area contributed by atoms with E-state index in [0.717, 1.165) is 25.9 Å². The van der Waals surface area contributed by atoms with E-state index >= 15 is 0 Å². The first-order valence-electron chi connectivity index (χ1n) is 14.2. The third kappa shape index (κ3) is 7.18. The van der Waals surface area contributed by atoms with Crippen LogP contribution in [0.1, 0.15) is 30.7 Å². The number of morpholine rings is 1. The average Bonchev–Trinajstić information content (AvgIpc) is 2.97. The van der Waals surface area contributed by atoms with Crippen molar-refractivity contribution in [1.82, 2.24) is 9.80 Å². The van der Waals surface area contributed by atoms with Crippen LogP contribution in [0.4, 0.5) is 4.39 Å². The van der Waals surface area contributed by atoms with Crippen molar-refractivity contribution in [3.63, 3.8) is 0 Å². The lowest BCUT2D eigenvalue weighted by molar-refractivity contribution is -0.147. The van der Waals surface area contributed by atoms with Crippen LogP contribution in [0.5, 0.6) is 0 Å². The minimum absolute atomic E-state index is 0.0319. The zero-order valence-corrected chi connectivity index (χ0v) is 24.0. The van der Waals surface area contributed by atoms with Crippen LogP contribution in [0, 0.1) is 11.7 Å². The van der Waals surface area contributed by atoms with Gasteiger partial charge in [0.05, 0.1) is 37.2 Å². The van der Waals surface area contributed by atoms with E-state index in [0.29, 0.717) is 61.5 Å². The van der Waals surface area contributed by atoms with E-state index in [2.05, 4.69) is 4.90 Å². The molecule has 1 N–H and O–H groups in total. The standard InChI is InChI=1S/C31H34ClFN2O7/c32-27-16-22(33)4-6-23(27)25-17-30(38)42-28-15-21(3-5-24(25)28)26(19-36)31(39)35-7-1-2-20(18-35)14-29(37)41-13-10-34-8-11-40-12-9-34/h3-6,15-17,20,26,36H,1-2,7-14,18-19H2/t20-,26+/m1/s1. The van der Waals surface area contributed by atoms with Gasteiger partial charge in [-0.1, -0.05) is 23.7 Å². The molecule has 9 nitrogen and oxygen atoms in total. The Hall–Kier alpha value is -3.31. The zero-order valence-electron chi connectivity index (χ0n) is 23.2. The monoisotopic (exact) mass is 600 g/mol. The maximum atomic E-state index is 13.6. The number of benzene rings is 2. The second-order valence-corrected chi connectivity index (χ2v) is 11.2. The van der Waals surface area contributed by atoms with E-state index in [1.807, 2.05) is 0 Å². The van der Waals surface area contributed by atoms with E-state index in [-0.39, 0.29) is 34.8 Å². The third-order valence-corrected chi connectivity index (χ3v) is 8.25. The molecule has 2 fully saturated rings. The minimum atomic E-state index is -0.878. The molecular weight excluding hydrogens is 567 g/mol. The summed E-state index contributed by atoms with van der Waals surface area (Å²) in [6.45, 7) is 4.51. The Morgan fingerprint density at radius 2 is 1.90 bits per heavy atom. The van der Waals surface area contributed by atoms with Gasteiger partial charge >= 0.3 is 11.6 Å². The molecule has 224 valence electrons. The molecule has 2 atom stereocenters. The largest absolute Gasteiger partial charge is 0.464 e. The van der Waals surface area contributed by atoms with Gasteiger partial charge in [-0.2, -0.15) is 0 Å². The predicted octanol–water partition coefficient (Wildman–Crippen LogP) is 3.83. The van der Waals surface area contributed by atoms with Crippen LogP contribution in [0.25, 0.3) is 22.1 Å².